The fourth-order valence-electron chi connectivity index (χ4n) is 3.47. The second-order valence-electron chi connectivity index (χ2n) is 7.11. The monoisotopic (exact) mass is 434 g/mol. The van der Waals surface area contributed by atoms with Gasteiger partial charge in [-0.1, -0.05) is 6.07 Å². The number of pyridine rings is 2. The Bertz CT molecular complexity index is 1070. The molecule has 1 saturated heterocycles. The van der Waals surface area contributed by atoms with Gasteiger partial charge in [0.1, 0.15) is 41.8 Å². The van der Waals surface area contributed by atoms with Crippen molar-refractivity contribution in [2.75, 3.05) is 31.8 Å². The lowest BCUT2D eigenvalue weighted by atomic mass is 9.97. The maximum absolute atomic E-state index is 12.9. The third kappa shape index (κ3) is 4.79. The van der Waals surface area contributed by atoms with Gasteiger partial charge >= 0.3 is 0 Å². The van der Waals surface area contributed by atoms with Crippen LogP contribution >= 0.6 is 0 Å². The van der Waals surface area contributed by atoms with Crippen LogP contribution in [0.1, 0.15) is 47.1 Å². The molecule has 3 aromatic rings. The first-order valence-electron chi connectivity index (χ1n) is 9.90. The van der Waals surface area contributed by atoms with E-state index in [-0.39, 0.29) is 29.7 Å². The van der Waals surface area contributed by atoms with E-state index >= 15 is 0 Å². The van der Waals surface area contributed by atoms with E-state index in [1.165, 1.54) is 12.1 Å². The summed E-state index contributed by atoms with van der Waals surface area (Å²) in [6.07, 6.45) is 2.42. The summed E-state index contributed by atoms with van der Waals surface area (Å²) >= 11 is 0. The molecule has 164 valence electrons. The van der Waals surface area contributed by atoms with Crippen LogP contribution in [0.15, 0.2) is 36.7 Å². The van der Waals surface area contributed by atoms with Gasteiger partial charge in [0.15, 0.2) is 0 Å². The van der Waals surface area contributed by atoms with Crippen LogP contribution in [0.4, 0.5) is 18.9 Å². The molecular formula is C21H21F3N4O3. The second kappa shape index (κ2) is 9.34. The second-order valence-corrected chi connectivity index (χ2v) is 7.11. The van der Waals surface area contributed by atoms with Crippen molar-refractivity contribution in [3.8, 4) is 5.75 Å². The number of nitrogens with one attached hydrogen (secondary N) is 1. The van der Waals surface area contributed by atoms with Crippen molar-refractivity contribution >= 4 is 17.2 Å². The Morgan fingerprint density at radius 2 is 2.06 bits per heavy atom. The standard InChI is InChI=1S/C21H21F3N4O3/c22-6-9-31-18-10-19-26-16(13-4-7-30-8-5-13)11-28(19)12-17(18)27-21(29)15-3-1-2-14(25-15)20(23)24/h1-3,10-13,20H,4-9H2,(H,27,29). The number of carbonyl (C=O) groups excluding carboxylic acids is 1. The van der Waals surface area contributed by atoms with Crippen LogP contribution in [0.3, 0.4) is 0 Å². The van der Waals surface area contributed by atoms with Crippen LogP contribution in [0.5, 0.6) is 5.75 Å². The molecule has 7 nitrogen and oxygen atoms in total. The average Bonchev–Trinajstić information content (AvgIpc) is 3.21. The van der Waals surface area contributed by atoms with Gasteiger partial charge in [-0.25, -0.2) is 23.1 Å². The summed E-state index contributed by atoms with van der Waals surface area (Å²) in [4.78, 5) is 21.0. The van der Waals surface area contributed by atoms with Crippen molar-refractivity contribution < 1.29 is 27.4 Å². The molecule has 0 bridgehead atoms. The van der Waals surface area contributed by atoms with Crippen LogP contribution in [0.25, 0.3) is 5.65 Å². The number of hydrogen-bond donors (Lipinski definition) is 1. The molecule has 1 amide bonds. The van der Waals surface area contributed by atoms with E-state index in [2.05, 4.69) is 15.3 Å². The molecule has 10 heteroatoms. The van der Waals surface area contributed by atoms with Crippen LogP contribution < -0.4 is 10.1 Å². The summed E-state index contributed by atoms with van der Waals surface area (Å²) in [7, 11) is 0. The normalized spacial score (nSPS) is 14.8. The number of nitrogens with zero attached hydrogens (tertiary/aromatic N) is 3. The van der Waals surface area contributed by atoms with Gasteiger partial charge in [0.2, 0.25) is 0 Å². The van der Waals surface area contributed by atoms with Crippen molar-refractivity contribution in [2.24, 2.45) is 0 Å². The van der Waals surface area contributed by atoms with E-state index < -0.39 is 24.7 Å². The van der Waals surface area contributed by atoms with Gasteiger partial charge < -0.3 is 19.2 Å². The molecule has 1 fully saturated rings. The van der Waals surface area contributed by atoms with Gasteiger partial charge in [-0.2, -0.15) is 0 Å². The molecule has 4 rings (SSSR count). The molecule has 0 saturated carbocycles. The number of alkyl halides is 3. The molecule has 0 atom stereocenters. The minimum absolute atomic E-state index is 0.164. The first-order valence-corrected chi connectivity index (χ1v) is 9.90. The van der Waals surface area contributed by atoms with E-state index in [1.807, 2.05) is 6.20 Å². The fourth-order valence-corrected chi connectivity index (χ4v) is 3.47. The van der Waals surface area contributed by atoms with Crippen molar-refractivity contribution in [2.45, 2.75) is 25.2 Å². The van der Waals surface area contributed by atoms with E-state index in [9.17, 15) is 18.0 Å². The van der Waals surface area contributed by atoms with Gasteiger partial charge in [0.05, 0.1) is 5.69 Å². The zero-order chi connectivity index (χ0) is 21.8. The maximum atomic E-state index is 12.9. The quantitative estimate of drug-likeness (QED) is 0.604. The van der Waals surface area contributed by atoms with Crippen LogP contribution in [0.2, 0.25) is 0 Å². The van der Waals surface area contributed by atoms with Gasteiger partial charge in [0.25, 0.3) is 12.3 Å². The molecule has 0 aromatic carbocycles. The number of rotatable bonds is 7. The number of carbonyl (C=O) groups is 1. The van der Waals surface area contributed by atoms with Crippen LogP contribution in [-0.2, 0) is 4.74 Å². The number of halogens is 3. The first-order chi connectivity index (χ1) is 15.0. The van der Waals surface area contributed by atoms with Crippen molar-refractivity contribution in [1.82, 2.24) is 14.4 Å². The Labute approximate surface area is 176 Å². The Balaban J connectivity index is 1.64. The third-order valence-electron chi connectivity index (χ3n) is 5.02. The zero-order valence-electron chi connectivity index (χ0n) is 16.6. The SMILES string of the molecule is O=C(Nc1cn2cc(C3CCOCC3)nc2cc1OCCF)c1cccc(C(F)F)n1. The number of ether oxygens (including phenoxy) is 2. The van der Waals surface area contributed by atoms with Gasteiger partial charge in [-0.15, -0.1) is 0 Å². The Hall–Kier alpha value is -3.14. The molecule has 1 N–H and O–H groups in total. The van der Waals surface area contributed by atoms with E-state index in [0.29, 0.717) is 18.9 Å². The molecule has 0 spiro atoms. The molecule has 1 aliphatic rings. The number of anilines is 1. The average molecular weight is 434 g/mol. The smallest absolute Gasteiger partial charge is 0.280 e. The molecule has 1 aliphatic heterocycles. The Morgan fingerprint density at radius 3 is 2.81 bits per heavy atom. The largest absolute Gasteiger partial charge is 0.488 e. The first kappa shape index (κ1) is 21.1. The molecule has 4 heterocycles. The van der Waals surface area contributed by atoms with E-state index in [0.717, 1.165) is 24.6 Å². The summed E-state index contributed by atoms with van der Waals surface area (Å²) in [5, 5.41) is 2.62. The lowest BCUT2D eigenvalue weighted by Crippen LogP contribution is -2.16. The highest BCUT2D eigenvalue weighted by Crippen LogP contribution is 2.31. The molecule has 0 radical (unpaired) electrons. The number of amides is 1. The van der Waals surface area contributed by atoms with Crippen molar-refractivity contribution in [1.29, 1.82) is 0 Å². The van der Waals surface area contributed by atoms with Gasteiger partial charge in [0, 0.05) is 37.6 Å². The maximum Gasteiger partial charge on any atom is 0.280 e. The number of imidazole rings is 1. The topological polar surface area (TPSA) is 77.8 Å². The zero-order valence-corrected chi connectivity index (χ0v) is 16.6. The van der Waals surface area contributed by atoms with E-state index in [1.54, 1.807) is 16.7 Å². The summed E-state index contributed by atoms with van der Waals surface area (Å²) < 4.78 is 51.1. The predicted molar refractivity (Wildman–Crippen MR) is 107 cm³/mol. The summed E-state index contributed by atoms with van der Waals surface area (Å²) in [6.45, 7) is 0.439. The highest BCUT2D eigenvalue weighted by Gasteiger charge is 2.21. The molecule has 0 aliphatic carbocycles. The molecule has 3 aromatic heterocycles. The molecule has 0 unspecified atom stereocenters. The van der Waals surface area contributed by atoms with Gasteiger partial charge in [-0.3, -0.25) is 4.79 Å². The number of aromatic nitrogens is 3. The molecular weight excluding hydrogens is 413 g/mol. The van der Waals surface area contributed by atoms with Crippen LogP contribution in [0, 0.1) is 0 Å². The lowest BCUT2D eigenvalue weighted by molar-refractivity contribution is 0.0846. The predicted octanol–water partition coefficient (Wildman–Crippen LogP) is 4.16. The fraction of sp³-hybridized carbons (Fsp3) is 0.381. The molecule has 31 heavy (non-hydrogen) atoms. The minimum atomic E-state index is -2.79. The van der Waals surface area contributed by atoms with Crippen LogP contribution in [-0.4, -0.2) is 46.8 Å². The Morgan fingerprint density at radius 1 is 1.26 bits per heavy atom. The Kier molecular flexibility index (Phi) is 6.36. The lowest BCUT2D eigenvalue weighted by Gasteiger charge is -2.19. The van der Waals surface area contributed by atoms with Crippen molar-refractivity contribution in [3.63, 3.8) is 0 Å². The third-order valence-corrected chi connectivity index (χ3v) is 5.02. The highest BCUT2D eigenvalue weighted by atomic mass is 19.3. The minimum Gasteiger partial charge on any atom is -0.488 e. The van der Waals surface area contributed by atoms with Crippen molar-refractivity contribution in [3.05, 3.63) is 53.7 Å². The summed E-state index contributed by atoms with van der Waals surface area (Å²) in [6, 6.07) is 5.43. The number of hydrogen-bond acceptors (Lipinski definition) is 5. The van der Waals surface area contributed by atoms with Gasteiger partial charge in [-0.05, 0) is 25.0 Å². The highest BCUT2D eigenvalue weighted by molar-refractivity contribution is 6.03. The number of fused-ring (bicyclic) bond motifs is 1. The summed E-state index contributed by atoms with van der Waals surface area (Å²) in [5.74, 6) is -0.187. The summed E-state index contributed by atoms with van der Waals surface area (Å²) in [5.41, 5.74) is 1.09. The van der Waals surface area contributed by atoms with E-state index in [4.69, 9.17) is 9.47 Å².